The molecule has 0 aliphatic carbocycles. The Balaban J connectivity index is 1.45. The zero-order valence-corrected chi connectivity index (χ0v) is 16.7. The number of para-hydroxylation sites is 1. The van der Waals surface area contributed by atoms with Crippen LogP contribution in [0.1, 0.15) is 36.1 Å². The van der Waals surface area contributed by atoms with Crippen molar-refractivity contribution in [2.75, 3.05) is 13.2 Å². The van der Waals surface area contributed by atoms with Gasteiger partial charge in [-0.3, -0.25) is 0 Å². The summed E-state index contributed by atoms with van der Waals surface area (Å²) in [6, 6.07) is 27.2. The number of aryl methyl sites for hydroxylation is 1. The van der Waals surface area contributed by atoms with Gasteiger partial charge in [0.05, 0.1) is 0 Å². The molecule has 28 heavy (non-hydrogen) atoms. The van der Waals surface area contributed by atoms with Gasteiger partial charge >= 0.3 is 0 Å². The van der Waals surface area contributed by atoms with Crippen LogP contribution in [0.3, 0.4) is 0 Å². The second kappa shape index (κ2) is 10.5. The smallest absolute Gasteiger partial charge is 0.122 e. The number of rotatable bonds is 10. The summed E-state index contributed by atoms with van der Waals surface area (Å²) in [4.78, 5) is 0. The molecule has 3 rings (SSSR count). The largest absolute Gasteiger partial charge is 0.490 e. The fourth-order valence-electron chi connectivity index (χ4n) is 3.08. The first-order valence-electron chi connectivity index (χ1n) is 9.94. The highest BCUT2D eigenvalue weighted by Crippen LogP contribution is 2.21. The summed E-state index contributed by atoms with van der Waals surface area (Å²) < 4.78 is 11.4. The van der Waals surface area contributed by atoms with E-state index in [2.05, 4.69) is 55.6 Å². The summed E-state index contributed by atoms with van der Waals surface area (Å²) in [6.45, 7) is 6.24. The quantitative estimate of drug-likeness (QED) is 0.462. The van der Waals surface area contributed by atoms with E-state index in [1.165, 1.54) is 16.7 Å². The van der Waals surface area contributed by atoms with Gasteiger partial charge in [-0.1, -0.05) is 67.1 Å². The predicted octanol–water partition coefficient (Wildman–Crippen LogP) is 5.69. The number of nitrogens with one attached hydrogen (secondary N) is 1. The van der Waals surface area contributed by atoms with Crippen molar-refractivity contribution in [3.05, 3.63) is 95.6 Å². The Morgan fingerprint density at radius 2 is 1.36 bits per heavy atom. The highest BCUT2D eigenvalue weighted by molar-refractivity contribution is 5.29. The van der Waals surface area contributed by atoms with Gasteiger partial charge in [0.2, 0.25) is 0 Å². The van der Waals surface area contributed by atoms with Crippen molar-refractivity contribution >= 4 is 0 Å². The van der Waals surface area contributed by atoms with E-state index in [4.69, 9.17) is 9.47 Å². The first kappa shape index (κ1) is 20.0. The van der Waals surface area contributed by atoms with Crippen molar-refractivity contribution in [3.8, 4) is 11.5 Å². The average Bonchev–Trinajstić information content (AvgIpc) is 2.74. The molecule has 3 nitrogen and oxygen atoms in total. The van der Waals surface area contributed by atoms with Crippen LogP contribution < -0.4 is 14.8 Å². The van der Waals surface area contributed by atoms with Crippen LogP contribution in [0.5, 0.6) is 11.5 Å². The summed E-state index contributed by atoms with van der Waals surface area (Å²) in [5.41, 5.74) is 3.88. The van der Waals surface area contributed by atoms with Crippen LogP contribution in [0.4, 0.5) is 0 Å². The van der Waals surface area contributed by atoms with Crippen molar-refractivity contribution in [2.24, 2.45) is 0 Å². The Kier molecular flexibility index (Phi) is 7.51. The molecule has 0 amide bonds. The van der Waals surface area contributed by atoms with Crippen molar-refractivity contribution < 1.29 is 9.47 Å². The molecule has 3 aromatic rings. The van der Waals surface area contributed by atoms with Gasteiger partial charge in [0.25, 0.3) is 0 Å². The van der Waals surface area contributed by atoms with E-state index in [0.717, 1.165) is 24.5 Å². The summed E-state index contributed by atoms with van der Waals surface area (Å²) in [7, 11) is 0. The summed E-state index contributed by atoms with van der Waals surface area (Å²) in [5, 5.41) is 3.65. The van der Waals surface area contributed by atoms with Gasteiger partial charge in [-0.15, -0.1) is 0 Å². The predicted molar refractivity (Wildman–Crippen MR) is 115 cm³/mol. The third kappa shape index (κ3) is 6.14. The SMILES string of the molecule is CCC(NCc1ccc(C)cc1)c1ccc(OCCOc2ccccc2)cc1. The number of hydrogen-bond donors (Lipinski definition) is 1. The Bertz CT molecular complexity index is 813. The molecule has 146 valence electrons. The lowest BCUT2D eigenvalue weighted by Gasteiger charge is -2.18. The van der Waals surface area contributed by atoms with Gasteiger partial charge in [0, 0.05) is 12.6 Å². The molecular formula is C25H29NO2. The van der Waals surface area contributed by atoms with E-state index in [-0.39, 0.29) is 0 Å². The molecule has 1 unspecified atom stereocenters. The fourth-order valence-corrected chi connectivity index (χ4v) is 3.08. The van der Waals surface area contributed by atoms with Crippen molar-refractivity contribution in [2.45, 2.75) is 32.9 Å². The summed E-state index contributed by atoms with van der Waals surface area (Å²) in [6.07, 6.45) is 1.04. The van der Waals surface area contributed by atoms with Crippen LogP contribution in [0.2, 0.25) is 0 Å². The van der Waals surface area contributed by atoms with Crippen LogP contribution in [0, 0.1) is 6.92 Å². The lowest BCUT2D eigenvalue weighted by molar-refractivity contribution is 0.217. The van der Waals surface area contributed by atoms with Gasteiger partial charge in [-0.2, -0.15) is 0 Å². The molecule has 0 radical (unpaired) electrons. The van der Waals surface area contributed by atoms with Crippen LogP contribution in [-0.2, 0) is 6.54 Å². The van der Waals surface area contributed by atoms with Crippen LogP contribution in [-0.4, -0.2) is 13.2 Å². The van der Waals surface area contributed by atoms with Gasteiger partial charge in [-0.05, 0) is 48.7 Å². The second-order valence-electron chi connectivity index (χ2n) is 6.91. The zero-order valence-electron chi connectivity index (χ0n) is 16.7. The minimum absolute atomic E-state index is 0.330. The maximum Gasteiger partial charge on any atom is 0.122 e. The minimum Gasteiger partial charge on any atom is -0.490 e. The Labute approximate surface area is 168 Å². The maximum atomic E-state index is 5.79. The molecular weight excluding hydrogens is 346 g/mol. The van der Waals surface area contributed by atoms with Crippen LogP contribution in [0.25, 0.3) is 0 Å². The van der Waals surface area contributed by atoms with E-state index in [9.17, 15) is 0 Å². The van der Waals surface area contributed by atoms with E-state index in [1.54, 1.807) is 0 Å². The zero-order chi connectivity index (χ0) is 19.6. The molecule has 0 aromatic heterocycles. The first-order valence-corrected chi connectivity index (χ1v) is 9.94. The van der Waals surface area contributed by atoms with E-state index in [0.29, 0.717) is 19.3 Å². The van der Waals surface area contributed by atoms with Crippen LogP contribution >= 0.6 is 0 Å². The molecule has 3 aromatic carbocycles. The van der Waals surface area contributed by atoms with Crippen LogP contribution in [0.15, 0.2) is 78.9 Å². The van der Waals surface area contributed by atoms with Gasteiger partial charge < -0.3 is 14.8 Å². The van der Waals surface area contributed by atoms with E-state index in [1.807, 2.05) is 42.5 Å². The van der Waals surface area contributed by atoms with Crippen molar-refractivity contribution in [1.29, 1.82) is 0 Å². The summed E-state index contributed by atoms with van der Waals surface area (Å²) in [5.74, 6) is 1.74. The first-order chi connectivity index (χ1) is 13.7. The molecule has 0 saturated carbocycles. The minimum atomic E-state index is 0.330. The van der Waals surface area contributed by atoms with E-state index < -0.39 is 0 Å². The fraction of sp³-hybridized carbons (Fsp3) is 0.280. The highest BCUT2D eigenvalue weighted by atomic mass is 16.5. The second-order valence-corrected chi connectivity index (χ2v) is 6.91. The average molecular weight is 376 g/mol. The van der Waals surface area contributed by atoms with Gasteiger partial charge in [-0.25, -0.2) is 0 Å². The van der Waals surface area contributed by atoms with Crippen molar-refractivity contribution in [1.82, 2.24) is 5.32 Å². The molecule has 3 heteroatoms. The molecule has 0 spiro atoms. The molecule has 1 atom stereocenters. The topological polar surface area (TPSA) is 30.5 Å². The summed E-state index contributed by atoms with van der Waals surface area (Å²) >= 11 is 0. The molecule has 0 heterocycles. The lowest BCUT2D eigenvalue weighted by Crippen LogP contribution is -2.20. The number of benzene rings is 3. The molecule has 0 fully saturated rings. The maximum absolute atomic E-state index is 5.79. The molecule has 0 aliphatic heterocycles. The Morgan fingerprint density at radius 1 is 0.750 bits per heavy atom. The molecule has 0 saturated heterocycles. The molecule has 0 bridgehead atoms. The molecule has 0 aliphatic rings. The van der Waals surface area contributed by atoms with Crippen molar-refractivity contribution in [3.63, 3.8) is 0 Å². The monoisotopic (exact) mass is 375 g/mol. The Hall–Kier alpha value is -2.78. The standard InChI is InChI=1S/C25H29NO2/c1-3-25(26-19-21-11-9-20(2)10-12-21)22-13-15-24(16-14-22)28-18-17-27-23-7-5-4-6-8-23/h4-16,25-26H,3,17-19H2,1-2H3. The Morgan fingerprint density at radius 3 is 1.96 bits per heavy atom. The van der Waals surface area contributed by atoms with E-state index >= 15 is 0 Å². The number of ether oxygens (including phenoxy) is 2. The normalized spacial score (nSPS) is 11.8. The third-order valence-corrected chi connectivity index (χ3v) is 4.73. The van der Waals surface area contributed by atoms with Gasteiger partial charge in [0.15, 0.2) is 0 Å². The molecule has 1 N–H and O–H groups in total. The lowest BCUT2D eigenvalue weighted by atomic mass is 10.0. The van der Waals surface area contributed by atoms with Gasteiger partial charge in [0.1, 0.15) is 24.7 Å². The number of hydrogen-bond acceptors (Lipinski definition) is 3. The third-order valence-electron chi connectivity index (χ3n) is 4.73. The highest BCUT2D eigenvalue weighted by Gasteiger charge is 2.09.